The van der Waals surface area contributed by atoms with Crippen LogP contribution >= 0.6 is 0 Å². The summed E-state index contributed by atoms with van der Waals surface area (Å²) in [6.45, 7) is 7.79. The van der Waals surface area contributed by atoms with Gasteiger partial charge in [0.05, 0.1) is 19.8 Å². The second-order valence-electron chi connectivity index (χ2n) is 4.17. The van der Waals surface area contributed by atoms with Crippen molar-refractivity contribution < 1.29 is 29.2 Å². The third kappa shape index (κ3) is 4.38. The molecule has 0 spiro atoms. The molecule has 110 valence electrons. The minimum absolute atomic E-state index is 0.160. The summed E-state index contributed by atoms with van der Waals surface area (Å²) in [5.41, 5.74) is 0. The van der Waals surface area contributed by atoms with Gasteiger partial charge in [0.1, 0.15) is 24.4 Å². The number of hydrogen-bond donors (Lipinski definition) is 2. The summed E-state index contributed by atoms with van der Waals surface area (Å²) < 4.78 is 21.1. The van der Waals surface area contributed by atoms with Gasteiger partial charge >= 0.3 is 0 Å². The first kappa shape index (κ1) is 16.3. The van der Waals surface area contributed by atoms with Gasteiger partial charge in [0.25, 0.3) is 0 Å². The first-order chi connectivity index (χ1) is 9.15. The lowest BCUT2D eigenvalue weighted by Gasteiger charge is -2.41. The molecule has 19 heavy (non-hydrogen) atoms. The second-order valence-corrected chi connectivity index (χ2v) is 4.17. The van der Waals surface area contributed by atoms with Crippen molar-refractivity contribution in [2.24, 2.45) is 0 Å². The van der Waals surface area contributed by atoms with Crippen LogP contribution in [0.1, 0.15) is 0 Å². The van der Waals surface area contributed by atoms with Crippen LogP contribution in [0.3, 0.4) is 0 Å². The van der Waals surface area contributed by atoms with Gasteiger partial charge in [0, 0.05) is 7.11 Å². The van der Waals surface area contributed by atoms with Crippen LogP contribution in [0.5, 0.6) is 0 Å². The third-order valence-electron chi connectivity index (χ3n) is 2.80. The van der Waals surface area contributed by atoms with Crippen LogP contribution < -0.4 is 0 Å². The molecule has 1 saturated heterocycles. The van der Waals surface area contributed by atoms with Crippen molar-refractivity contribution in [2.75, 3.05) is 26.9 Å². The fraction of sp³-hybridized carbons (Fsp3) is 0.692. The maximum atomic E-state index is 10.1. The zero-order chi connectivity index (χ0) is 14.3. The SMILES string of the molecule is C=CCOC[C@H]1O[C@H](OC)[C@@H](O)[C@@H](OCC=C)[C@@H]1O. The Balaban J connectivity index is 2.65. The van der Waals surface area contributed by atoms with Gasteiger partial charge in [-0.1, -0.05) is 12.2 Å². The van der Waals surface area contributed by atoms with Gasteiger partial charge in [-0.15, -0.1) is 13.2 Å². The molecule has 0 aromatic carbocycles. The van der Waals surface area contributed by atoms with Gasteiger partial charge in [-0.2, -0.15) is 0 Å². The van der Waals surface area contributed by atoms with E-state index >= 15 is 0 Å². The lowest BCUT2D eigenvalue weighted by atomic mass is 9.99. The van der Waals surface area contributed by atoms with Gasteiger partial charge in [-0.3, -0.25) is 0 Å². The fourth-order valence-corrected chi connectivity index (χ4v) is 1.88. The Hall–Kier alpha value is -0.760. The van der Waals surface area contributed by atoms with Crippen molar-refractivity contribution in [3.8, 4) is 0 Å². The van der Waals surface area contributed by atoms with Crippen LogP contribution in [0.2, 0.25) is 0 Å². The summed E-state index contributed by atoms with van der Waals surface area (Å²) in [5.74, 6) is 0. The summed E-state index contributed by atoms with van der Waals surface area (Å²) >= 11 is 0. The molecular formula is C13H22O6. The van der Waals surface area contributed by atoms with Crippen molar-refractivity contribution in [1.29, 1.82) is 0 Å². The predicted octanol–water partition coefficient (Wildman–Crippen LogP) is -0.147. The van der Waals surface area contributed by atoms with E-state index in [-0.39, 0.29) is 13.2 Å². The maximum absolute atomic E-state index is 10.1. The molecule has 1 rings (SSSR count). The lowest BCUT2D eigenvalue weighted by Crippen LogP contribution is -2.60. The largest absolute Gasteiger partial charge is 0.387 e. The molecule has 0 unspecified atom stereocenters. The van der Waals surface area contributed by atoms with Gasteiger partial charge < -0.3 is 29.2 Å². The Kier molecular flexibility index (Phi) is 7.22. The highest BCUT2D eigenvalue weighted by Crippen LogP contribution is 2.24. The van der Waals surface area contributed by atoms with Gasteiger partial charge in [-0.05, 0) is 0 Å². The molecular weight excluding hydrogens is 252 g/mol. The monoisotopic (exact) mass is 274 g/mol. The normalized spacial score (nSPS) is 35.0. The van der Waals surface area contributed by atoms with Crippen molar-refractivity contribution in [2.45, 2.75) is 30.7 Å². The van der Waals surface area contributed by atoms with E-state index in [2.05, 4.69) is 13.2 Å². The maximum Gasteiger partial charge on any atom is 0.186 e. The number of rotatable bonds is 8. The molecule has 0 saturated carbocycles. The molecule has 5 atom stereocenters. The number of aliphatic hydroxyl groups is 2. The van der Waals surface area contributed by atoms with Crippen LogP contribution in [0.15, 0.2) is 25.3 Å². The molecule has 6 heteroatoms. The van der Waals surface area contributed by atoms with Crippen LogP contribution in [0.25, 0.3) is 0 Å². The van der Waals surface area contributed by atoms with E-state index < -0.39 is 30.7 Å². The number of ether oxygens (including phenoxy) is 4. The highest BCUT2D eigenvalue weighted by Gasteiger charge is 2.45. The molecule has 1 aliphatic rings. The van der Waals surface area contributed by atoms with Crippen LogP contribution in [0.4, 0.5) is 0 Å². The average Bonchev–Trinajstić information content (AvgIpc) is 2.41. The smallest absolute Gasteiger partial charge is 0.186 e. The first-order valence-electron chi connectivity index (χ1n) is 6.11. The fourth-order valence-electron chi connectivity index (χ4n) is 1.88. The Morgan fingerprint density at radius 2 is 1.84 bits per heavy atom. The highest BCUT2D eigenvalue weighted by molar-refractivity contribution is 4.91. The topological polar surface area (TPSA) is 77.4 Å². The van der Waals surface area contributed by atoms with Crippen LogP contribution in [-0.4, -0.2) is 67.8 Å². The van der Waals surface area contributed by atoms with Crippen molar-refractivity contribution >= 4 is 0 Å². The third-order valence-corrected chi connectivity index (χ3v) is 2.80. The Bertz CT molecular complexity index is 282. The van der Waals surface area contributed by atoms with E-state index in [0.29, 0.717) is 6.61 Å². The molecule has 0 amide bonds. The molecule has 6 nitrogen and oxygen atoms in total. The summed E-state index contributed by atoms with van der Waals surface area (Å²) in [5, 5.41) is 20.1. The standard InChI is InChI=1S/C13H22O6/c1-4-6-17-8-9-10(14)12(18-7-5-2)11(15)13(16-3)19-9/h4-5,9-15H,1-2,6-8H2,3H3/t9-,10-,11+,12+,13+/m1/s1. The summed E-state index contributed by atoms with van der Waals surface area (Å²) in [6, 6.07) is 0. The van der Waals surface area contributed by atoms with E-state index in [1.165, 1.54) is 7.11 Å². The molecule has 1 heterocycles. The van der Waals surface area contributed by atoms with E-state index in [1.54, 1.807) is 12.2 Å². The van der Waals surface area contributed by atoms with Crippen LogP contribution in [-0.2, 0) is 18.9 Å². The quantitative estimate of drug-likeness (QED) is 0.473. The van der Waals surface area contributed by atoms with Crippen LogP contribution in [0, 0.1) is 0 Å². The molecule has 1 aliphatic heterocycles. The second kappa shape index (κ2) is 8.42. The molecule has 0 bridgehead atoms. The van der Waals surface area contributed by atoms with E-state index in [9.17, 15) is 10.2 Å². The minimum Gasteiger partial charge on any atom is -0.387 e. The molecule has 1 fully saturated rings. The van der Waals surface area contributed by atoms with E-state index in [1.807, 2.05) is 0 Å². The zero-order valence-corrected chi connectivity index (χ0v) is 11.1. The van der Waals surface area contributed by atoms with Crippen molar-refractivity contribution in [3.05, 3.63) is 25.3 Å². The first-order valence-corrected chi connectivity index (χ1v) is 6.11. The van der Waals surface area contributed by atoms with Crippen molar-refractivity contribution in [1.82, 2.24) is 0 Å². The molecule has 0 aliphatic carbocycles. The zero-order valence-electron chi connectivity index (χ0n) is 11.1. The van der Waals surface area contributed by atoms with E-state index in [4.69, 9.17) is 18.9 Å². The molecule has 0 aromatic rings. The molecule has 0 aromatic heterocycles. The van der Waals surface area contributed by atoms with Crippen molar-refractivity contribution in [3.63, 3.8) is 0 Å². The van der Waals surface area contributed by atoms with E-state index in [0.717, 1.165) is 0 Å². The van der Waals surface area contributed by atoms with Gasteiger partial charge in [-0.25, -0.2) is 0 Å². The van der Waals surface area contributed by atoms with Gasteiger partial charge in [0.15, 0.2) is 6.29 Å². The highest BCUT2D eigenvalue weighted by atomic mass is 16.7. The number of hydrogen-bond acceptors (Lipinski definition) is 6. The Morgan fingerprint density at radius 3 is 2.42 bits per heavy atom. The van der Waals surface area contributed by atoms with Gasteiger partial charge in [0.2, 0.25) is 0 Å². The summed E-state index contributed by atoms with van der Waals surface area (Å²) in [7, 11) is 1.41. The summed E-state index contributed by atoms with van der Waals surface area (Å²) in [6.07, 6.45) is -1.25. The average molecular weight is 274 g/mol. The minimum atomic E-state index is -1.07. The summed E-state index contributed by atoms with van der Waals surface area (Å²) in [4.78, 5) is 0. The molecule has 0 radical (unpaired) electrons. The Labute approximate surface area is 113 Å². The molecule has 2 N–H and O–H groups in total. The number of methoxy groups -OCH3 is 1. The lowest BCUT2D eigenvalue weighted by molar-refractivity contribution is -0.301. The Morgan fingerprint density at radius 1 is 1.16 bits per heavy atom. The number of aliphatic hydroxyl groups excluding tert-OH is 2. The predicted molar refractivity (Wildman–Crippen MR) is 68.6 cm³/mol.